The van der Waals surface area contributed by atoms with Crippen molar-refractivity contribution in [2.45, 2.75) is 18.6 Å². The first kappa shape index (κ1) is 11.8. The lowest BCUT2D eigenvalue weighted by molar-refractivity contribution is 0.578. The number of nitrogens with zero attached hydrogens (tertiary/aromatic N) is 4. The number of rotatable bonds is 3. The smallest absolute Gasteiger partial charge is 0.227 e. The molecule has 0 saturated carbocycles. The summed E-state index contributed by atoms with van der Waals surface area (Å²) >= 11 is 0. The van der Waals surface area contributed by atoms with E-state index in [1.54, 1.807) is 15.4 Å². The summed E-state index contributed by atoms with van der Waals surface area (Å²) in [6.45, 7) is 2.36. The first-order valence-electron chi connectivity index (χ1n) is 5.08. The molecular weight excluding hydrogens is 240 g/mol. The van der Waals surface area contributed by atoms with Crippen LogP contribution < -0.4 is 0 Å². The maximum Gasteiger partial charge on any atom is 0.227 e. The van der Waals surface area contributed by atoms with E-state index in [0.29, 0.717) is 6.54 Å². The fourth-order valence-corrected chi connectivity index (χ4v) is 2.54. The van der Waals surface area contributed by atoms with Gasteiger partial charge in [0.15, 0.2) is 0 Å². The third kappa shape index (κ3) is 2.38. The number of hydrogen-bond acceptors (Lipinski definition) is 4. The van der Waals surface area contributed by atoms with Gasteiger partial charge in [-0.05, 0) is 6.92 Å². The maximum absolute atomic E-state index is 11.5. The lowest BCUT2D eigenvalue weighted by Crippen LogP contribution is -2.09. The van der Waals surface area contributed by atoms with Crippen LogP contribution in [-0.2, 0) is 23.4 Å². The van der Waals surface area contributed by atoms with Crippen molar-refractivity contribution in [3.63, 3.8) is 0 Å². The number of aryl methyl sites for hydroxylation is 2. The van der Waals surface area contributed by atoms with E-state index in [0.717, 1.165) is 17.5 Å². The average molecular weight is 254 g/mol. The van der Waals surface area contributed by atoms with Gasteiger partial charge in [-0.15, -0.1) is 0 Å². The van der Waals surface area contributed by atoms with E-state index in [1.165, 1.54) is 6.20 Å². The molecule has 2 rings (SSSR count). The molecule has 2 aromatic rings. The normalized spacial score (nSPS) is 11.9. The molecule has 6 nitrogen and oxygen atoms in total. The molecule has 2 aromatic heterocycles. The lowest BCUT2D eigenvalue weighted by Gasteiger charge is -2.04. The molecule has 2 heterocycles. The highest BCUT2D eigenvalue weighted by atomic mass is 32.2. The molecule has 0 N–H and O–H groups in total. The highest BCUT2D eigenvalue weighted by Crippen LogP contribution is 2.12. The van der Waals surface area contributed by atoms with E-state index in [-0.39, 0.29) is 5.16 Å². The van der Waals surface area contributed by atoms with Gasteiger partial charge < -0.3 is 4.57 Å². The summed E-state index contributed by atoms with van der Waals surface area (Å²) in [5.74, 6) is 0. The Morgan fingerprint density at radius 3 is 2.65 bits per heavy atom. The predicted octanol–water partition coefficient (Wildman–Crippen LogP) is 0.377. The average Bonchev–Trinajstić information content (AvgIpc) is 2.74. The Hall–Kier alpha value is -1.63. The van der Waals surface area contributed by atoms with Gasteiger partial charge in [0.1, 0.15) is 0 Å². The molecule has 0 saturated heterocycles. The molecular formula is C10H14N4O2S. The molecule has 0 amide bonds. The SMILES string of the molecule is Cc1nn(C)cc1Cn1ccnc1S(C)(=O)=O. The molecule has 0 aromatic carbocycles. The first-order valence-corrected chi connectivity index (χ1v) is 6.97. The first-order chi connectivity index (χ1) is 7.88. The van der Waals surface area contributed by atoms with Crippen LogP contribution in [0.2, 0.25) is 0 Å². The molecule has 17 heavy (non-hydrogen) atoms. The van der Waals surface area contributed by atoms with Crippen molar-refractivity contribution in [1.82, 2.24) is 19.3 Å². The molecule has 7 heteroatoms. The van der Waals surface area contributed by atoms with Crippen LogP contribution in [-0.4, -0.2) is 34.0 Å². The fraction of sp³-hybridized carbons (Fsp3) is 0.400. The van der Waals surface area contributed by atoms with E-state index >= 15 is 0 Å². The quantitative estimate of drug-likeness (QED) is 0.794. The summed E-state index contributed by atoms with van der Waals surface area (Å²) in [4.78, 5) is 3.87. The Morgan fingerprint density at radius 1 is 1.41 bits per heavy atom. The highest BCUT2D eigenvalue weighted by Gasteiger charge is 2.15. The lowest BCUT2D eigenvalue weighted by atomic mass is 10.3. The second kappa shape index (κ2) is 3.99. The molecule has 0 aliphatic rings. The van der Waals surface area contributed by atoms with Crippen molar-refractivity contribution in [1.29, 1.82) is 0 Å². The summed E-state index contributed by atoms with van der Waals surface area (Å²) in [7, 11) is -1.46. The van der Waals surface area contributed by atoms with Gasteiger partial charge in [-0.25, -0.2) is 13.4 Å². The highest BCUT2D eigenvalue weighted by molar-refractivity contribution is 7.90. The van der Waals surface area contributed by atoms with Crippen molar-refractivity contribution in [3.8, 4) is 0 Å². The zero-order chi connectivity index (χ0) is 12.6. The summed E-state index contributed by atoms with van der Waals surface area (Å²) in [5.41, 5.74) is 1.87. The van der Waals surface area contributed by atoms with Crippen molar-refractivity contribution >= 4 is 9.84 Å². The summed E-state index contributed by atoms with van der Waals surface area (Å²) in [6, 6.07) is 0. The van der Waals surface area contributed by atoms with Gasteiger partial charge in [0.05, 0.1) is 12.2 Å². The minimum absolute atomic E-state index is 0.0840. The second-order valence-corrected chi connectivity index (χ2v) is 5.93. The predicted molar refractivity (Wildman–Crippen MR) is 62.4 cm³/mol. The van der Waals surface area contributed by atoms with Gasteiger partial charge in [-0.3, -0.25) is 4.68 Å². The van der Waals surface area contributed by atoms with Crippen LogP contribution in [0.4, 0.5) is 0 Å². The van der Waals surface area contributed by atoms with Gasteiger partial charge in [0.2, 0.25) is 15.0 Å². The van der Waals surface area contributed by atoms with Crippen LogP contribution in [0.1, 0.15) is 11.3 Å². The Bertz CT molecular complexity index is 639. The number of hydrogen-bond donors (Lipinski definition) is 0. The summed E-state index contributed by atoms with van der Waals surface area (Å²) < 4.78 is 26.3. The number of sulfone groups is 1. The van der Waals surface area contributed by atoms with E-state index in [1.807, 2.05) is 20.2 Å². The fourth-order valence-electron chi connectivity index (χ4n) is 1.73. The molecule has 0 radical (unpaired) electrons. The molecule has 0 aliphatic carbocycles. The van der Waals surface area contributed by atoms with Gasteiger partial charge in [0, 0.05) is 37.5 Å². The van der Waals surface area contributed by atoms with Crippen LogP contribution in [0.5, 0.6) is 0 Å². The monoisotopic (exact) mass is 254 g/mol. The Kier molecular flexibility index (Phi) is 2.78. The summed E-state index contributed by atoms with van der Waals surface area (Å²) in [5, 5.41) is 4.30. The van der Waals surface area contributed by atoms with Crippen molar-refractivity contribution in [2.24, 2.45) is 7.05 Å². The number of imidazole rings is 1. The zero-order valence-electron chi connectivity index (χ0n) is 9.95. The molecule has 0 spiro atoms. The van der Waals surface area contributed by atoms with Crippen LogP contribution >= 0.6 is 0 Å². The standard InChI is InChI=1S/C10H14N4O2S/c1-8-9(6-13(2)12-8)7-14-5-4-11-10(14)17(3,15)16/h4-6H,7H2,1-3H3. The zero-order valence-corrected chi connectivity index (χ0v) is 10.8. The van der Waals surface area contributed by atoms with Crippen molar-refractivity contribution in [3.05, 3.63) is 29.8 Å². The van der Waals surface area contributed by atoms with Gasteiger partial charge >= 0.3 is 0 Å². The largest absolute Gasteiger partial charge is 0.317 e. The third-order valence-electron chi connectivity index (χ3n) is 2.46. The van der Waals surface area contributed by atoms with E-state index < -0.39 is 9.84 Å². The van der Waals surface area contributed by atoms with Crippen LogP contribution in [0.25, 0.3) is 0 Å². The van der Waals surface area contributed by atoms with Gasteiger partial charge in [-0.2, -0.15) is 5.10 Å². The van der Waals surface area contributed by atoms with E-state index in [9.17, 15) is 8.42 Å². The van der Waals surface area contributed by atoms with E-state index in [2.05, 4.69) is 10.1 Å². The maximum atomic E-state index is 11.5. The van der Waals surface area contributed by atoms with E-state index in [4.69, 9.17) is 0 Å². The van der Waals surface area contributed by atoms with Crippen LogP contribution in [0, 0.1) is 6.92 Å². The van der Waals surface area contributed by atoms with Gasteiger partial charge in [-0.1, -0.05) is 0 Å². The number of aromatic nitrogens is 4. The van der Waals surface area contributed by atoms with Gasteiger partial charge in [0.25, 0.3) is 0 Å². The molecule has 0 aliphatic heterocycles. The third-order valence-corrected chi connectivity index (χ3v) is 3.47. The van der Waals surface area contributed by atoms with Crippen molar-refractivity contribution < 1.29 is 8.42 Å². The van der Waals surface area contributed by atoms with Crippen LogP contribution in [0.3, 0.4) is 0 Å². The molecule has 92 valence electrons. The topological polar surface area (TPSA) is 69.8 Å². The summed E-state index contributed by atoms with van der Waals surface area (Å²) in [6.07, 6.45) is 6.17. The Labute approximate surface area is 99.8 Å². The Balaban J connectivity index is 2.38. The Morgan fingerprint density at radius 2 is 2.12 bits per heavy atom. The second-order valence-electron chi connectivity index (χ2n) is 4.02. The molecule has 0 fully saturated rings. The molecule has 0 unspecified atom stereocenters. The minimum Gasteiger partial charge on any atom is -0.317 e. The molecule has 0 atom stereocenters. The minimum atomic E-state index is -3.29. The van der Waals surface area contributed by atoms with Crippen LogP contribution in [0.15, 0.2) is 23.7 Å². The van der Waals surface area contributed by atoms with Crippen molar-refractivity contribution in [2.75, 3.05) is 6.26 Å². The molecule has 0 bridgehead atoms.